The molecule has 2 atom stereocenters. The van der Waals surface area contributed by atoms with Crippen LogP contribution in [0.3, 0.4) is 0 Å². The number of primary amides is 1. The van der Waals surface area contributed by atoms with Gasteiger partial charge in [0.2, 0.25) is 5.91 Å². The average Bonchev–Trinajstić information content (AvgIpc) is 2.80. The van der Waals surface area contributed by atoms with Gasteiger partial charge in [0.25, 0.3) is 0 Å². The number of amides is 3. The molecule has 0 aliphatic heterocycles. The Kier molecular flexibility index (Phi) is 3.99. The van der Waals surface area contributed by atoms with E-state index in [-0.39, 0.29) is 23.7 Å². The van der Waals surface area contributed by atoms with E-state index in [1.165, 1.54) is 24.3 Å². The number of carbonyl (C=O) groups excluding carboxylic acids is 2. The molecule has 0 heterocycles. The minimum atomic E-state index is -0.412. The van der Waals surface area contributed by atoms with Crippen LogP contribution in [0.5, 0.6) is 0 Å². The molecule has 1 aromatic carbocycles. The number of halogens is 1. The lowest BCUT2D eigenvalue weighted by Crippen LogP contribution is -2.44. The molecule has 6 heteroatoms. The first-order chi connectivity index (χ1) is 9.06. The summed E-state index contributed by atoms with van der Waals surface area (Å²) in [4.78, 5) is 23.0. The number of hydrogen-bond donors (Lipinski definition) is 3. The summed E-state index contributed by atoms with van der Waals surface area (Å²) in [5.41, 5.74) is 5.77. The molecule has 1 aliphatic carbocycles. The van der Waals surface area contributed by atoms with Crippen molar-refractivity contribution in [2.45, 2.75) is 25.3 Å². The molecule has 1 aromatic rings. The van der Waals surface area contributed by atoms with E-state index in [4.69, 9.17) is 5.73 Å². The number of anilines is 1. The standard InChI is InChI=1S/C13H16FN3O2/c14-8-4-6-9(7-5-8)16-13(19)17-11-3-1-2-10(11)12(15)18/h4-7,10-11H,1-3H2,(H2,15,18)(H2,16,17,19)/t10-,11-/m1/s1. The molecular formula is C13H16FN3O2. The fraction of sp³-hybridized carbons (Fsp3) is 0.385. The summed E-state index contributed by atoms with van der Waals surface area (Å²) in [6.07, 6.45) is 2.32. The van der Waals surface area contributed by atoms with E-state index in [9.17, 15) is 14.0 Å². The van der Waals surface area contributed by atoms with E-state index in [1.807, 2.05) is 0 Å². The smallest absolute Gasteiger partial charge is 0.319 e. The summed E-state index contributed by atoms with van der Waals surface area (Å²) < 4.78 is 12.7. The first-order valence-corrected chi connectivity index (χ1v) is 6.18. The van der Waals surface area contributed by atoms with Gasteiger partial charge in [-0.25, -0.2) is 9.18 Å². The lowest BCUT2D eigenvalue weighted by molar-refractivity contribution is -0.122. The van der Waals surface area contributed by atoms with E-state index in [1.54, 1.807) is 0 Å². The number of urea groups is 1. The van der Waals surface area contributed by atoms with Crippen LogP contribution in [0.4, 0.5) is 14.9 Å². The van der Waals surface area contributed by atoms with Gasteiger partial charge in [0, 0.05) is 11.7 Å². The maximum Gasteiger partial charge on any atom is 0.319 e. The molecule has 1 aliphatic rings. The van der Waals surface area contributed by atoms with Gasteiger partial charge in [-0.2, -0.15) is 0 Å². The molecule has 3 amide bonds. The Morgan fingerprint density at radius 2 is 1.89 bits per heavy atom. The molecule has 2 rings (SSSR count). The van der Waals surface area contributed by atoms with Crippen molar-refractivity contribution < 1.29 is 14.0 Å². The molecule has 0 aromatic heterocycles. The third-order valence-corrected chi connectivity index (χ3v) is 3.30. The molecule has 0 bridgehead atoms. The predicted octanol–water partition coefficient (Wildman–Crippen LogP) is 1.60. The molecule has 4 N–H and O–H groups in total. The fourth-order valence-corrected chi connectivity index (χ4v) is 2.34. The Morgan fingerprint density at radius 1 is 1.21 bits per heavy atom. The van der Waals surface area contributed by atoms with Gasteiger partial charge in [-0.05, 0) is 37.1 Å². The van der Waals surface area contributed by atoms with Gasteiger partial charge in [0.15, 0.2) is 0 Å². The highest BCUT2D eigenvalue weighted by molar-refractivity contribution is 5.90. The summed E-state index contributed by atoms with van der Waals surface area (Å²) in [5, 5.41) is 5.32. The molecule has 102 valence electrons. The van der Waals surface area contributed by atoms with Gasteiger partial charge in [-0.15, -0.1) is 0 Å². The van der Waals surface area contributed by atoms with Crippen molar-refractivity contribution in [3.8, 4) is 0 Å². The fourth-order valence-electron chi connectivity index (χ4n) is 2.34. The second-order valence-corrected chi connectivity index (χ2v) is 4.65. The van der Waals surface area contributed by atoms with Crippen LogP contribution >= 0.6 is 0 Å². The normalized spacial score (nSPS) is 21.9. The van der Waals surface area contributed by atoms with E-state index < -0.39 is 6.03 Å². The zero-order chi connectivity index (χ0) is 13.8. The number of rotatable bonds is 3. The predicted molar refractivity (Wildman–Crippen MR) is 68.9 cm³/mol. The molecule has 0 saturated heterocycles. The van der Waals surface area contributed by atoms with E-state index in [0.29, 0.717) is 12.1 Å². The number of nitrogens with two attached hydrogens (primary N) is 1. The first kappa shape index (κ1) is 13.3. The maximum atomic E-state index is 12.7. The van der Waals surface area contributed by atoms with E-state index in [2.05, 4.69) is 10.6 Å². The Labute approximate surface area is 110 Å². The van der Waals surface area contributed by atoms with Crippen molar-refractivity contribution in [1.82, 2.24) is 5.32 Å². The summed E-state index contributed by atoms with van der Waals surface area (Å²) >= 11 is 0. The Bertz CT molecular complexity index is 475. The molecule has 0 unspecified atom stereocenters. The largest absolute Gasteiger partial charge is 0.369 e. The van der Waals surface area contributed by atoms with Crippen LogP contribution in [-0.2, 0) is 4.79 Å². The van der Waals surface area contributed by atoms with Crippen molar-refractivity contribution in [2.24, 2.45) is 11.7 Å². The van der Waals surface area contributed by atoms with Crippen molar-refractivity contribution in [1.29, 1.82) is 0 Å². The van der Waals surface area contributed by atoms with Crippen LogP contribution in [0.25, 0.3) is 0 Å². The number of carbonyl (C=O) groups is 2. The zero-order valence-corrected chi connectivity index (χ0v) is 10.4. The Balaban J connectivity index is 1.90. The second-order valence-electron chi connectivity index (χ2n) is 4.65. The quantitative estimate of drug-likeness (QED) is 0.775. The Hall–Kier alpha value is -2.11. The van der Waals surface area contributed by atoms with E-state index >= 15 is 0 Å². The molecule has 1 saturated carbocycles. The van der Waals surface area contributed by atoms with Crippen LogP contribution in [0.15, 0.2) is 24.3 Å². The van der Waals surface area contributed by atoms with Crippen molar-refractivity contribution in [3.05, 3.63) is 30.1 Å². The van der Waals surface area contributed by atoms with Crippen molar-refractivity contribution in [2.75, 3.05) is 5.32 Å². The summed E-state index contributed by atoms with van der Waals surface area (Å²) in [7, 11) is 0. The van der Waals surface area contributed by atoms with Crippen molar-refractivity contribution in [3.63, 3.8) is 0 Å². The molecule has 5 nitrogen and oxygen atoms in total. The zero-order valence-electron chi connectivity index (χ0n) is 10.4. The van der Waals surface area contributed by atoms with Crippen molar-refractivity contribution >= 4 is 17.6 Å². The van der Waals surface area contributed by atoms with Gasteiger partial charge in [0.05, 0.1) is 5.92 Å². The topological polar surface area (TPSA) is 84.2 Å². The summed E-state index contributed by atoms with van der Waals surface area (Å²) in [6.45, 7) is 0. The first-order valence-electron chi connectivity index (χ1n) is 6.18. The highest BCUT2D eigenvalue weighted by Gasteiger charge is 2.32. The molecule has 0 radical (unpaired) electrons. The molecule has 0 spiro atoms. The lowest BCUT2D eigenvalue weighted by atomic mass is 10.0. The van der Waals surface area contributed by atoms with Crippen LogP contribution in [0.2, 0.25) is 0 Å². The van der Waals surface area contributed by atoms with Gasteiger partial charge in [0.1, 0.15) is 5.82 Å². The summed E-state index contributed by atoms with van der Waals surface area (Å²) in [5.74, 6) is -1.06. The highest BCUT2D eigenvalue weighted by atomic mass is 19.1. The minimum Gasteiger partial charge on any atom is -0.369 e. The van der Waals surface area contributed by atoms with Gasteiger partial charge >= 0.3 is 6.03 Å². The second kappa shape index (κ2) is 5.69. The van der Waals surface area contributed by atoms with Crippen LogP contribution in [0.1, 0.15) is 19.3 Å². The number of benzene rings is 1. The number of hydrogen-bond acceptors (Lipinski definition) is 2. The van der Waals surface area contributed by atoms with Crippen LogP contribution < -0.4 is 16.4 Å². The SMILES string of the molecule is NC(=O)[C@@H]1CCC[C@H]1NC(=O)Nc1ccc(F)cc1. The number of nitrogens with one attached hydrogen (secondary N) is 2. The third-order valence-electron chi connectivity index (χ3n) is 3.30. The molecule has 19 heavy (non-hydrogen) atoms. The third kappa shape index (κ3) is 3.43. The van der Waals surface area contributed by atoms with Gasteiger partial charge < -0.3 is 16.4 Å². The monoisotopic (exact) mass is 265 g/mol. The maximum absolute atomic E-state index is 12.7. The lowest BCUT2D eigenvalue weighted by Gasteiger charge is -2.18. The minimum absolute atomic E-state index is 0.224. The van der Waals surface area contributed by atoms with Crippen LogP contribution in [-0.4, -0.2) is 18.0 Å². The average molecular weight is 265 g/mol. The van der Waals surface area contributed by atoms with Crippen LogP contribution in [0, 0.1) is 11.7 Å². The molecular weight excluding hydrogens is 249 g/mol. The Morgan fingerprint density at radius 3 is 2.53 bits per heavy atom. The van der Waals surface area contributed by atoms with Gasteiger partial charge in [-0.3, -0.25) is 4.79 Å². The highest BCUT2D eigenvalue weighted by Crippen LogP contribution is 2.25. The van der Waals surface area contributed by atoms with E-state index in [0.717, 1.165) is 12.8 Å². The summed E-state index contributed by atoms with van der Waals surface area (Å²) in [6, 6.07) is 4.82. The van der Waals surface area contributed by atoms with Gasteiger partial charge in [-0.1, -0.05) is 6.42 Å². The molecule has 1 fully saturated rings.